The minimum Gasteiger partial charge on any atom is -0.383 e. The number of halogens is 3. The first-order valence-electron chi connectivity index (χ1n) is 7.79. The van der Waals surface area contributed by atoms with E-state index < -0.39 is 22.4 Å². The van der Waals surface area contributed by atoms with Crippen LogP contribution in [0, 0.1) is 17.0 Å². The van der Waals surface area contributed by atoms with Crippen LogP contribution in [0.25, 0.3) is 11.0 Å². The number of imidazole rings is 1. The van der Waals surface area contributed by atoms with E-state index in [1.165, 1.54) is 0 Å². The van der Waals surface area contributed by atoms with E-state index in [1.54, 1.807) is 0 Å². The molecule has 3 rings (SSSR count). The quantitative estimate of drug-likeness (QED) is 0.538. The summed E-state index contributed by atoms with van der Waals surface area (Å²) in [5, 5.41) is 13.5. The van der Waals surface area contributed by atoms with Crippen LogP contribution in [0.2, 0.25) is 0 Å². The van der Waals surface area contributed by atoms with E-state index in [2.05, 4.69) is 10.3 Å². The van der Waals surface area contributed by atoms with Crippen molar-refractivity contribution in [2.24, 2.45) is 0 Å². The number of hydrogen-bond acceptors (Lipinski definition) is 4. The Morgan fingerprint density at radius 1 is 1.23 bits per heavy atom. The fourth-order valence-corrected chi connectivity index (χ4v) is 2.82. The second-order valence-electron chi connectivity index (χ2n) is 5.71. The molecule has 9 heteroatoms. The van der Waals surface area contributed by atoms with E-state index >= 15 is 0 Å². The molecular weight excluding hydrogens is 349 g/mol. The highest BCUT2D eigenvalue weighted by atomic mass is 19.4. The van der Waals surface area contributed by atoms with Crippen molar-refractivity contribution < 1.29 is 18.1 Å². The van der Waals surface area contributed by atoms with Gasteiger partial charge in [0, 0.05) is 30.9 Å². The maximum atomic E-state index is 13.2. The van der Waals surface area contributed by atoms with Gasteiger partial charge in [0.2, 0.25) is 0 Å². The summed E-state index contributed by atoms with van der Waals surface area (Å²) < 4.78 is 41.5. The Morgan fingerprint density at radius 2 is 1.96 bits per heavy atom. The Hall–Kier alpha value is -3.10. The molecule has 0 atom stereocenters. The summed E-state index contributed by atoms with van der Waals surface area (Å²) in [5.41, 5.74) is -0.133. The molecule has 0 unspecified atom stereocenters. The van der Waals surface area contributed by atoms with Crippen LogP contribution in [-0.4, -0.2) is 21.0 Å². The molecule has 26 heavy (non-hydrogen) atoms. The van der Waals surface area contributed by atoms with Gasteiger partial charge in [0.1, 0.15) is 5.82 Å². The third-order valence-electron chi connectivity index (χ3n) is 4.02. The molecule has 0 saturated carbocycles. The van der Waals surface area contributed by atoms with Gasteiger partial charge in [-0.2, -0.15) is 13.2 Å². The highest BCUT2D eigenvalue weighted by Gasteiger charge is 2.35. The van der Waals surface area contributed by atoms with Crippen LogP contribution in [0.15, 0.2) is 42.5 Å². The van der Waals surface area contributed by atoms with Gasteiger partial charge in [0.25, 0.3) is 5.69 Å². The third kappa shape index (κ3) is 3.46. The summed E-state index contributed by atoms with van der Waals surface area (Å²) in [7, 11) is 0. The van der Waals surface area contributed by atoms with Crippen LogP contribution in [0.1, 0.15) is 11.4 Å². The van der Waals surface area contributed by atoms with Crippen LogP contribution in [0.5, 0.6) is 0 Å². The molecule has 3 aromatic rings. The zero-order valence-electron chi connectivity index (χ0n) is 13.7. The number of nitro groups is 1. The summed E-state index contributed by atoms with van der Waals surface area (Å²) in [6.45, 7) is 2.44. The fourth-order valence-electron chi connectivity index (χ4n) is 2.82. The molecule has 0 spiro atoms. The number of nitro benzene ring substituents is 1. The van der Waals surface area contributed by atoms with Gasteiger partial charge < -0.3 is 9.88 Å². The molecule has 0 fully saturated rings. The van der Waals surface area contributed by atoms with Gasteiger partial charge in [0.05, 0.1) is 21.5 Å². The van der Waals surface area contributed by atoms with Gasteiger partial charge >= 0.3 is 6.18 Å². The molecule has 0 aliphatic rings. The number of fused-ring (bicyclic) bond motifs is 1. The molecular formula is C17H15F3N4O2. The molecule has 0 amide bonds. The first kappa shape index (κ1) is 17.7. The number of nitrogens with zero attached hydrogens (tertiary/aromatic N) is 3. The van der Waals surface area contributed by atoms with Gasteiger partial charge in [0.15, 0.2) is 0 Å². The Morgan fingerprint density at radius 3 is 2.65 bits per heavy atom. The number of hydrogen-bond donors (Lipinski definition) is 1. The minimum absolute atomic E-state index is 0.190. The minimum atomic E-state index is -4.69. The van der Waals surface area contributed by atoms with Gasteiger partial charge in [-0.25, -0.2) is 4.98 Å². The molecule has 6 nitrogen and oxygen atoms in total. The number of anilines is 1. The first-order chi connectivity index (χ1) is 12.3. The maximum absolute atomic E-state index is 13.2. The van der Waals surface area contributed by atoms with E-state index in [4.69, 9.17) is 0 Å². The van der Waals surface area contributed by atoms with Gasteiger partial charge in [-0.1, -0.05) is 12.1 Å². The molecule has 2 aromatic carbocycles. The number of benzene rings is 2. The van der Waals surface area contributed by atoms with Crippen LogP contribution < -0.4 is 5.32 Å². The topological polar surface area (TPSA) is 73.0 Å². The van der Waals surface area contributed by atoms with E-state index in [-0.39, 0.29) is 12.2 Å². The van der Waals surface area contributed by atoms with Gasteiger partial charge in [-0.3, -0.25) is 10.1 Å². The smallest absolute Gasteiger partial charge is 0.383 e. The van der Waals surface area contributed by atoms with Crippen LogP contribution in [0.4, 0.5) is 24.5 Å². The predicted molar refractivity (Wildman–Crippen MR) is 91.1 cm³/mol. The SMILES string of the molecule is Cc1nc2ccccc2n1CCNc1ccc([N+](=O)[O-])cc1C(F)(F)F. The monoisotopic (exact) mass is 364 g/mol. The molecule has 0 bridgehead atoms. The van der Waals surface area contributed by atoms with Crippen LogP contribution >= 0.6 is 0 Å². The van der Waals surface area contributed by atoms with Crippen molar-refractivity contribution in [2.75, 3.05) is 11.9 Å². The van der Waals surface area contributed by atoms with Crippen LogP contribution in [-0.2, 0) is 12.7 Å². The lowest BCUT2D eigenvalue weighted by atomic mass is 10.1. The molecule has 0 aliphatic heterocycles. The number of para-hydroxylation sites is 2. The number of aryl methyl sites for hydroxylation is 1. The second-order valence-corrected chi connectivity index (χ2v) is 5.71. The van der Waals surface area contributed by atoms with E-state index in [1.807, 2.05) is 35.8 Å². The van der Waals surface area contributed by atoms with Crippen molar-refractivity contribution in [3.63, 3.8) is 0 Å². The Labute approximate surface area is 146 Å². The molecule has 1 N–H and O–H groups in total. The number of alkyl halides is 3. The molecule has 0 aliphatic carbocycles. The molecule has 136 valence electrons. The summed E-state index contributed by atoms with van der Waals surface area (Å²) in [6.07, 6.45) is -4.69. The lowest BCUT2D eigenvalue weighted by Crippen LogP contribution is -2.15. The third-order valence-corrected chi connectivity index (χ3v) is 4.02. The Kier molecular flexibility index (Phi) is 4.54. The zero-order valence-corrected chi connectivity index (χ0v) is 13.7. The fraction of sp³-hybridized carbons (Fsp3) is 0.235. The van der Waals surface area contributed by atoms with Crippen molar-refractivity contribution in [1.29, 1.82) is 0 Å². The summed E-state index contributed by atoms with van der Waals surface area (Å²) in [6, 6.07) is 10.2. The molecule has 1 aromatic heterocycles. The highest BCUT2D eigenvalue weighted by molar-refractivity contribution is 5.75. The van der Waals surface area contributed by atoms with E-state index in [9.17, 15) is 23.3 Å². The largest absolute Gasteiger partial charge is 0.418 e. The summed E-state index contributed by atoms with van der Waals surface area (Å²) in [4.78, 5) is 14.3. The standard InChI is InChI=1S/C17H15F3N4O2/c1-11-22-15-4-2-3-5-16(15)23(11)9-8-21-14-7-6-12(24(25)26)10-13(14)17(18,19)20/h2-7,10,21H,8-9H2,1H3. The number of nitrogens with one attached hydrogen (secondary N) is 1. The predicted octanol–water partition coefficient (Wildman–Crippen LogP) is 4.38. The maximum Gasteiger partial charge on any atom is 0.418 e. The van der Waals surface area contributed by atoms with Crippen LogP contribution in [0.3, 0.4) is 0 Å². The van der Waals surface area contributed by atoms with Gasteiger partial charge in [-0.15, -0.1) is 0 Å². The van der Waals surface area contributed by atoms with Crippen molar-refractivity contribution in [1.82, 2.24) is 9.55 Å². The molecule has 0 saturated heterocycles. The molecule has 1 heterocycles. The second kappa shape index (κ2) is 6.66. The number of aromatic nitrogens is 2. The van der Waals surface area contributed by atoms with Crippen molar-refractivity contribution in [3.8, 4) is 0 Å². The lowest BCUT2D eigenvalue weighted by molar-refractivity contribution is -0.385. The van der Waals surface area contributed by atoms with Crippen molar-refractivity contribution in [2.45, 2.75) is 19.6 Å². The Balaban J connectivity index is 1.81. The normalized spacial score (nSPS) is 11.7. The number of rotatable bonds is 5. The number of non-ortho nitro benzene ring substituents is 1. The lowest BCUT2D eigenvalue weighted by Gasteiger charge is -2.15. The first-order valence-corrected chi connectivity index (χ1v) is 7.79. The van der Waals surface area contributed by atoms with Gasteiger partial charge in [-0.05, 0) is 25.1 Å². The zero-order chi connectivity index (χ0) is 18.9. The Bertz CT molecular complexity index is 966. The summed E-state index contributed by atoms with van der Waals surface area (Å²) in [5.74, 6) is 0.757. The summed E-state index contributed by atoms with van der Waals surface area (Å²) >= 11 is 0. The van der Waals surface area contributed by atoms with Crippen molar-refractivity contribution in [3.05, 3.63) is 64.0 Å². The average Bonchev–Trinajstić information content (AvgIpc) is 2.89. The van der Waals surface area contributed by atoms with E-state index in [0.29, 0.717) is 12.6 Å². The highest BCUT2D eigenvalue weighted by Crippen LogP contribution is 2.37. The molecule has 0 radical (unpaired) electrons. The van der Waals surface area contributed by atoms with E-state index in [0.717, 1.165) is 29.0 Å². The van der Waals surface area contributed by atoms with Crippen molar-refractivity contribution >= 4 is 22.4 Å². The average molecular weight is 364 g/mol.